The quantitative estimate of drug-likeness (QED) is 0.556. The molecular weight excluding hydrogens is 514 g/mol. The van der Waals surface area contributed by atoms with Crippen LogP contribution < -0.4 is 0 Å². The van der Waals surface area contributed by atoms with Crippen LogP contribution in [0.3, 0.4) is 0 Å². The van der Waals surface area contributed by atoms with Crippen molar-refractivity contribution >= 4 is 11.9 Å². The summed E-state index contributed by atoms with van der Waals surface area (Å²) in [5.74, 6) is -3.46. The number of carboxylic acids is 2. The zero-order valence-corrected chi connectivity index (χ0v) is 19.9. The van der Waals surface area contributed by atoms with E-state index >= 15 is 0 Å². The van der Waals surface area contributed by atoms with E-state index in [2.05, 4.69) is 31.5 Å². The first-order valence-corrected chi connectivity index (χ1v) is 11.3. The van der Waals surface area contributed by atoms with Crippen molar-refractivity contribution < 1.29 is 50.6 Å². The molecule has 15 heteroatoms. The Balaban J connectivity index is 0.000000286. The van der Waals surface area contributed by atoms with Gasteiger partial charge in [0.15, 0.2) is 0 Å². The van der Waals surface area contributed by atoms with Crippen LogP contribution in [-0.4, -0.2) is 80.0 Å². The second-order valence-electron chi connectivity index (χ2n) is 8.60. The highest BCUT2D eigenvalue weighted by molar-refractivity contribution is 5.73. The fourth-order valence-corrected chi connectivity index (χ4v) is 3.96. The molecule has 2 aromatic rings. The molecule has 1 unspecified atom stereocenters. The van der Waals surface area contributed by atoms with Crippen LogP contribution in [0.1, 0.15) is 42.5 Å². The number of piperidine rings is 1. The van der Waals surface area contributed by atoms with E-state index in [4.69, 9.17) is 24.2 Å². The number of aryl methyl sites for hydroxylation is 1. The Morgan fingerprint density at radius 1 is 1.00 bits per heavy atom. The van der Waals surface area contributed by atoms with Crippen molar-refractivity contribution in [1.82, 2.24) is 19.4 Å². The molecule has 4 heterocycles. The van der Waals surface area contributed by atoms with Gasteiger partial charge in [0, 0.05) is 25.8 Å². The summed E-state index contributed by atoms with van der Waals surface area (Å²) in [5.41, 5.74) is 1.32. The predicted molar refractivity (Wildman–Crippen MR) is 116 cm³/mol. The van der Waals surface area contributed by atoms with Gasteiger partial charge in [-0.1, -0.05) is 6.42 Å². The van der Waals surface area contributed by atoms with Crippen molar-refractivity contribution in [3.05, 3.63) is 41.9 Å². The van der Waals surface area contributed by atoms with Crippen LogP contribution in [0, 0.1) is 6.92 Å². The maximum Gasteiger partial charge on any atom is 0.490 e. The van der Waals surface area contributed by atoms with E-state index in [1.54, 1.807) is 0 Å². The standard InChI is InChI=1S/C18H26N4O.2C2HF3O2/c1-15-5-6-18(23-15)13-21-10-16-9-19-14-22(16)17(12-21)11-20-7-3-2-4-8-20;2*3-2(4,5)1(6)7/h5-6,9,14,17H,2-4,7-8,10-13H2,1H3;2*(H,6,7). The van der Waals surface area contributed by atoms with Gasteiger partial charge >= 0.3 is 24.3 Å². The smallest absolute Gasteiger partial charge is 0.475 e. The number of furan rings is 1. The van der Waals surface area contributed by atoms with Gasteiger partial charge in [-0.25, -0.2) is 14.6 Å². The van der Waals surface area contributed by atoms with Gasteiger partial charge in [0.2, 0.25) is 0 Å². The second kappa shape index (κ2) is 12.9. The zero-order chi connectivity index (χ0) is 27.8. The van der Waals surface area contributed by atoms with Crippen LogP contribution in [-0.2, 0) is 22.7 Å². The van der Waals surface area contributed by atoms with Crippen LogP contribution >= 0.6 is 0 Å². The Morgan fingerprint density at radius 3 is 2.05 bits per heavy atom. The number of aromatic nitrogens is 2. The van der Waals surface area contributed by atoms with Crippen molar-refractivity contribution in [1.29, 1.82) is 0 Å². The van der Waals surface area contributed by atoms with Gasteiger partial charge in [-0.05, 0) is 45.0 Å². The Morgan fingerprint density at radius 2 is 1.57 bits per heavy atom. The van der Waals surface area contributed by atoms with E-state index in [-0.39, 0.29) is 0 Å². The minimum Gasteiger partial charge on any atom is -0.475 e. The third-order valence-corrected chi connectivity index (χ3v) is 5.57. The van der Waals surface area contributed by atoms with Gasteiger partial charge in [0.25, 0.3) is 0 Å². The van der Waals surface area contributed by atoms with E-state index in [0.717, 1.165) is 37.7 Å². The Kier molecular flexibility index (Phi) is 10.5. The summed E-state index contributed by atoms with van der Waals surface area (Å²) in [6, 6.07) is 4.64. The first-order valence-electron chi connectivity index (χ1n) is 11.3. The topological polar surface area (TPSA) is 112 Å². The normalized spacial score (nSPS) is 18.6. The van der Waals surface area contributed by atoms with Gasteiger partial charge < -0.3 is 24.1 Å². The van der Waals surface area contributed by atoms with Gasteiger partial charge in [-0.15, -0.1) is 0 Å². The number of likely N-dealkylation sites (tertiary alicyclic amines) is 1. The number of alkyl halides is 6. The molecule has 208 valence electrons. The molecule has 2 aliphatic heterocycles. The number of fused-ring (bicyclic) bond motifs is 1. The fourth-order valence-electron chi connectivity index (χ4n) is 3.96. The summed E-state index contributed by atoms with van der Waals surface area (Å²) in [4.78, 5) is 27.3. The lowest BCUT2D eigenvalue weighted by Crippen LogP contribution is -2.43. The Labute approximate surface area is 208 Å². The number of imidazole rings is 1. The van der Waals surface area contributed by atoms with Crippen LogP contribution in [0.25, 0.3) is 0 Å². The molecule has 1 saturated heterocycles. The van der Waals surface area contributed by atoms with Crippen molar-refractivity contribution in [2.45, 2.75) is 57.7 Å². The number of rotatable bonds is 4. The van der Waals surface area contributed by atoms with Gasteiger partial charge in [-0.2, -0.15) is 26.3 Å². The molecule has 0 bridgehead atoms. The Bertz CT molecular complexity index is 990. The first-order chi connectivity index (χ1) is 17.2. The average Bonchev–Trinajstić information content (AvgIpc) is 3.43. The molecule has 37 heavy (non-hydrogen) atoms. The number of hydrogen-bond acceptors (Lipinski definition) is 6. The molecule has 2 aliphatic rings. The molecule has 0 aromatic carbocycles. The molecule has 0 radical (unpaired) electrons. The minimum atomic E-state index is -5.08. The molecule has 9 nitrogen and oxygen atoms in total. The van der Waals surface area contributed by atoms with Crippen molar-refractivity contribution in [2.24, 2.45) is 0 Å². The van der Waals surface area contributed by atoms with Crippen LogP contribution in [0.15, 0.2) is 29.1 Å². The van der Waals surface area contributed by atoms with Gasteiger partial charge in [0.1, 0.15) is 11.5 Å². The molecule has 2 N–H and O–H groups in total. The first kappa shape index (κ1) is 30.2. The van der Waals surface area contributed by atoms with Crippen LogP contribution in [0.2, 0.25) is 0 Å². The second-order valence-corrected chi connectivity index (χ2v) is 8.60. The van der Waals surface area contributed by atoms with Gasteiger partial charge in [-0.3, -0.25) is 4.90 Å². The molecular formula is C22H28F6N4O5. The van der Waals surface area contributed by atoms with E-state index < -0.39 is 24.3 Å². The summed E-state index contributed by atoms with van der Waals surface area (Å²) < 4.78 is 71.6. The van der Waals surface area contributed by atoms with Crippen LogP contribution in [0.4, 0.5) is 26.3 Å². The molecule has 0 amide bonds. The average molecular weight is 542 g/mol. The van der Waals surface area contributed by atoms with Gasteiger partial charge in [0.05, 0.1) is 24.6 Å². The lowest BCUT2D eigenvalue weighted by atomic mass is 10.1. The monoisotopic (exact) mass is 542 g/mol. The number of carboxylic acid groups (broad SMARTS) is 2. The van der Waals surface area contributed by atoms with E-state index in [1.807, 2.05) is 19.4 Å². The predicted octanol–water partition coefficient (Wildman–Crippen LogP) is 4.09. The highest BCUT2D eigenvalue weighted by Gasteiger charge is 2.38. The number of hydrogen-bond donors (Lipinski definition) is 2. The lowest BCUT2D eigenvalue weighted by molar-refractivity contribution is -0.193. The molecule has 2 aromatic heterocycles. The molecule has 0 spiro atoms. The van der Waals surface area contributed by atoms with Crippen molar-refractivity contribution in [3.63, 3.8) is 0 Å². The maximum atomic E-state index is 10.6. The van der Waals surface area contributed by atoms with Crippen LogP contribution in [0.5, 0.6) is 0 Å². The molecule has 1 fully saturated rings. The number of nitrogens with zero attached hydrogens (tertiary/aromatic N) is 4. The number of halogens is 6. The highest BCUT2D eigenvalue weighted by atomic mass is 19.4. The fraction of sp³-hybridized carbons (Fsp3) is 0.591. The van der Waals surface area contributed by atoms with Crippen molar-refractivity contribution in [3.8, 4) is 0 Å². The highest BCUT2D eigenvalue weighted by Crippen LogP contribution is 2.25. The number of aliphatic carboxylic acids is 2. The third-order valence-electron chi connectivity index (χ3n) is 5.57. The summed E-state index contributed by atoms with van der Waals surface area (Å²) in [6.45, 7) is 8.55. The van der Waals surface area contributed by atoms with Crippen molar-refractivity contribution in [2.75, 3.05) is 26.2 Å². The molecule has 4 rings (SSSR count). The van der Waals surface area contributed by atoms with E-state index in [9.17, 15) is 26.3 Å². The summed E-state index contributed by atoms with van der Waals surface area (Å²) in [6.07, 6.45) is -2.06. The summed E-state index contributed by atoms with van der Waals surface area (Å²) >= 11 is 0. The number of carbonyl (C=O) groups is 2. The minimum absolute atomic E-state index is 0.496. The largest absolute Gasteiger partial charge is 0.490 e. The summed E-state index contributed by atoms with van der Waals surface area (Å²) in [7, 11) is 0. The van der Waals surface area contributed by atoms with E-state index in [1.165, 1.54) is 38.0 Å². The van der Waals surface area contributed by atoms with E-state index in [0.29, 0.717) is 6.04 Å². The molecule has 0 saturated carbocycles. The maximum absolute atomic E-state index is 10.6. The Hall–Kier alpha value is -3.07. The third kappa shape index (κ3) is 10.1. The zero-order valence-electron chi connectivity index (χ0n) is 19.9. The molecule has 0 aliphatic carbocycles. The molecule has 1 atom stereocenters. The SMILES string of the molecule is Cc1ccc(CN2Cc3cncn3C(CN3CCCCC3)C2)o1.O=C(O)C(F)(F)F.O=C(O)C(F)(F)F. The lowest BCUT2D eigenvalue weighted by Gasteiger charge is -2.37. The summed E-state index contributed by atoms with van der Waals surface area (Å²) in [5, 5.41) is 14.2.